The van der Waals surface area contributed by atoms with Gasteiger partial charge in [-0.1, -0.05) is 55.4 Å². The van der Waals surface area contributed by atoms with Gasteiger partial charge in [0.2, 0.25) is 0 Å². The first-order valence-electron chi connectivity index (χ1n) is 12.0. The van der Waals surface area contributed by atoms with E-state index in [-0.39, 0.29) is 23.0 Å². The summed E-state index contributed by atoms with van der Waals surface area (Å²) in [5, 5.41) is 4.14. The number of amides is 1. The highest BCUT2D eigenvalue weighted by Gasteiger charge is 2.18. The smallest absolute Gasteiger partial charge is 0.266 e. The van der Waals surface area contributed by atoms with E-state index in [9.17, 15) is 14.4 Å². The number of aryl methyl sites for hydroxylation is 2. The molecule has 0 aliphatic rings. The molecule has 0 spiro atoms. The molecule has 0 fully saturated rings. The number of fused-ring (bicyclic) bond motifs is 1. The van der Waals surface area contributed by atoms with Gasteiger partial charge in [0, 0.05) is 22.7 Å². The van der Waals surface area contributed by atoms with Crippen LogP contribution in [0.15, 0.2) is 70.6 Å². The van der Waals surface area contributed by atoms with E-state index in [0.29, 0.717) is 50.4 Å². The zero-order valence-electron chi connectivity index (χ0n) is 21.2. The molecule has 190 valence electrons. The van der Waals surface area contributed by atoms with Gasteiger partial charge in [0.15, 0.2) is 10.9 Å². The quantitative estimate of drug-likeness (QED) is 0.170. The number of Topliss-reactive ketones (excluding diaryl/α,β-unsaturated/α-hetero) is 1. The molecule has 0 unspecified atom stereocenters. The number of nitrogens with one attached hydrogen (secondary N) is 1. The summed E-state index contributed by atoms with van der Waals surface area (Å²) in [7, 11) is 0. The fourth-order valence-electron chi connectivity index (χ4n) is 3.99. The second-order valence-corrected chi connectivity index (χ2v) is 10.8. The number of thioether (sulfide) groups is 1. The molecule has 0 bridgehead atoms. The summed E-state index contributed by atoms with van der Waals surface area (Å²) < 4.78 is 1.54. The van der Waals surface area contributed by atoms with Crippen LogP contribution < -0.4 is 10.9 Å². The van der Waals surface area contributed by atoms with Gasteiger partial charge in [-0.25, -0.2) is 4.98 Å². The lowest BCUT2D eigenvalue weighted by Gasteiger charge is -2.15. The van der Waals surface area contributed by atoms with Gasteiger partial charge in [0.25, 0.3) is 11.5 Å². The summed E-state index contributed by atoms with van der Waals surface area (Å²) in [6, 6.07) is 17.5. The standard InChI is InChI=1S/C29H28ClN3O3S/c1-17(2)15-31-27(35)21-8-9-24-25(14-21)32-29(37-16-26(34)20-6-5-7-22(30)13-20)33(28(24)36)23-11-18(3)10-19(4)12-23/h5-14,17H,15-16H2,1-4H3,(H,31,35). The van der Waals surface area contributed by atoms with Crippen LogP contribution in [-0.2, 0) is 0 Å². The number of nitrogens with zero attached hydrogens (tertiary/aromatic N) is 2. The van der Waals surface area contributed by atoms with E-state index in [1.54, 1.807) is 42.5 Å². The molecule has 1 heterocycles. The Hall–Kier alpha value is -3.42. The number of carbonyl (C=O) groups excluding carboxylic acids is 2. The van der Waals surface area contributed by atoms with Crippen molar-refractivity contribution in [3.05, 3.63) is 98.3 Å². The monoisotopic (exact) mass is 533 g/mol. The van der Waals surface area contributed by atoms with Crippen LogP contribution in [0.25, 0.3) is 16.6 Å². The Kier molecular flexibility index (Phi) is 8.15. The van der Waals surface area contributed by atoms with E-state index in [1.165, 1.54) is 16.3 Å². The topological polar surface area (TPSA) is 81.1 Å². The van der Waals surface area contributed by atoms with E-state index in [1.807, 2.05) is 45.9 Å². The minimum Gasteiger partial charge on any atom is -0.352 e. The van der Waals surface area contributed by atoms with Crippen molar-refractivity contribution in [1.29, 1.82) is 0 Å². The molecule has 0 saturated carbocycles. The van der Waals surface area contributed by atoms with Crippen LogP contribution in [0.1, 0.15) is 45.7 Å². The number of halogens is 1. The molecule has 0 radical (unpaired) electrons. The van der Waals surface area contributed by atoms with Crippen LogP contribution in [0.3, 0.4) is 0 Å². The van der Waals surface area contributed by atoms with Crippen molar-refractivity contribution in [3.63, 3.8) is 0 Å². The summed E-state index contributed by atoms with van der Waals surface area (Å²) in [6.45, 7) is 8.52. The van der Waals surface area contributed by atoms with Crippen molar-refractivity contribution in [2.24, 2.45) is 5.92 Å². The summed E-state index contributed by atoms with van der Waals surface area (Å²) in [5.74, 6) is 0.0295. The van der Waals surface area contributed by atoms with Gasteiger partial charge in [-0.2, -0.15) is 0 Å². The largest absolute Gasteiger partial charge is 0.352 e. The Morgan fingerprint density at radius 3 is 2.41 bits per heavy atom. The van der Waals surface area contributed by atoms with Crippen LogP contribution >= 0.6 is 23.4 Å². The van der Waals surface area contributed by atoms with E-state index >= 15 is 0 Å². The zero-order valence-corrected chi connectivity index (χ0v) is 22.7. The number of carbonyl (C=O) groups is 2. The fraction of sp³-hybridized carbons (Fsp3) is 0.241. The average molecular weight is 534 g/mol. The van der Waals surface area contributed by atoms with Crippen molar-refractivity contribution >= 4 is 46.0 Å². The molecule has 4 aromatic rings. The molecule has 4 rings (SSSR count). The Bertz CT molecular complexity index is 1540. The molecule has 0 aliphatic heterocycles. The normalized spacial score (nSPS) is 11.2. The summed E-state index contributed by atoms with van der Waals surface area (Å²) in [6.07, 6.45) is 0. The van der Waals surface area contributed by atoms with Crippen LogP contribution in [0.5, 0.6) is 0 Å². The lowest BCUT2D eigenvalue weighted by Crippen LogP contribution is -2.27. The van der Waals surface area contributed by atoms with E-state index in [0.717, 1.165) is 11.1 Å². The number of benzene rings is 3. The lowest BCUT2D eigenvalue weighted by molar-refractivity contribution is 0.0948. The number of aromatic nitrogens is 2. The minimum absolute atomic E-state index is 0.0671. The van der Waals surface area contributed by atoms with E-state index in [4.69, 9.17) is 16.6 Å². The second-order valence-electron chi connectivity index (χ2n) is 9.44. The Morgan fingerprint density at radius 2 is 1.73 bits per heavy atom. The van der Waals surface area contributed by atoms with Crippen molar-refractivity contribution in [1.82, 2.24) is 14.9 Å². The van der Waals surface area contributed by atoms with Gasteiger partial charge < -0.3 is 5.32 Å². The predicted molar refractivity (Wildman–Crippen MR) is 150 cm³/mol. The van der Waals surface area contributed by atoms with Crippen LogP contribution in [0.4, 0.5) is 0 Å². The molecular formula is C29H28ClN3O3S. The minimum atomic E-state index is -0.262. The fourth-order valence-corrected chi connectivity index (χ4v) is 5.08. The van der Waals surface area contributed by atoms with Gasteiger partial charge in [0.1, 0.15) is 0 Å². The summed E-state index contributed by atoms with van der Waals surface area (Å²) in [4.78, 5) is 44.0. The maximum absolute atomic E-state index is 13.7. The molecule has 1 aromatic heterocycles. The van der Waals surface area contributed by atoms with Gasteiger partial charge in [-0.3, -0.25) is 19.0 Å². The third-order valence-corrected chi connectivity index (χ3v) is 6.89. The summed E-state index contributed by atoms with van der Waals surface area (Å²) in [5.41, 5.74) is 3.74. The first-order valence-corrected chi connectivity index (χ1v) is 13.3. The molecule has 1 N–H and O–H groups in total. The molecule has 6 nitrogen and oxygen atoms in total. The Morgan fingerprint density at radius 1 is 1.00 bits per heavy atom. The first-order chi connectivity index (χ1) is 17.6. The van der Waals surface area contributed by atoms with Crippen LogP contribution in [-0.4, -0.2) is 33.5 Å². The van der Waals surface area contributed by atoms with Gasteiger partial charge in [-0.05, 0) is 73.4 Å². The van der Waals surface area contributed by atoms with E-state index < -0.39 is 0 Å². The summed E-state index contributed by atoms with van der Waals surface area (Å²) >= 11 is 7.24. The van der Waals surface area contributed by atoms with E-state index in [2.05, 4.69) is 5.32 Å². The SMILES string of the molecule is Cc1cc(C)cc(-n2c(SCC(=O)c3cccc(Cl)c3)nc3cc(C(=O)NCC(C)C)ccc3c2=O)c1. The number of ketones is 1. The average Bonchev–Trinajstić information content (AvgIpc) is 2.84. The molecule has 0 aliphatic carbocycles. The van der Waals surface area contributed by atoms with Crippen molar-refractivity contribution < 1.29 is 9.59 Å². The molecule has 0 saturated heterocycles. The number of hydrogen-bond acceptors (Lipinski definition) is 5. The molecule has 1 amide bonds. The highest BCUT2D eigenvalue weighted by atomic mass is 35.5. The Balaban J connectivity index is 1.79. The van der Waals surface area contributed by atoms with Crippen LogP contribution in [0.2, 0.25) is 5.02 Å². The zero-order chi connectivity index (χ0) is 26.7. The molecular weight excluding hydrogens is 506 g/mol. The molecule has 37 heavy (non-hydrogen) atoms. The van der Waals surface area contributed by atoms with Gasteiger partial charge in [0.05, 0.1) is 22.3 Å². The van der Waals surface area contributed by atoms with Crippen LogP contribution in [0, 0.1) is 19.8 Å². The van der Waals surface area contributed by atoms with Gasteiger partial charge >= 0.3 is 0 Å². The van der Waals surface area contributed by atoms with Gasteiger partial charge in [-0.15, -0.1) is 0 Å². The highest BCUT2D eigenvalue weighted by molar-refractivity contribution is 7.99. The maximum atomic E-state index is 13.7. The Labute approximate surface area is 225 Å². The molecule has 0 atom stereocenters. The number of rotatable bonds is 8. The second kappa shape index (κ2) is 11.3. The van der Waals surface area contributed by atoms with Crippen molar-refractivity contribution in [2.45, 2.75) is 32.9 Å². The van der Waals surface area contributed by atoms with Crippen molar-refractivity contribution in [3.8, 4) is 5.69 Å². The molecule has 3 aromatic carbocycles. The maximum Gasteiger partial charge on any atom is 0.266 e. The first kappa shape index (κ1) is 26.6. The van der Waals surface area contributed by atoms with Crippen molar-refractivity contribution in [2.75, 3.05) is 12.3 Å². The highest BCUT2D eigenvalue weighted by Crippen LogP contribution is 2.25. The number of hydrogen-bond donors (Lipinski definition) is 1. The third-order valence-electron chi connectivity index (χ3n) is 5.72. The lowest BCUT2D eigenvalue weighted by atomic mass is 10.1. The third kappa shape index (κ3) is 6.29. The predicted octanol–water partition coefficient (Wildman–Crippen LogP) is 6.02. The molecule has 8 heteroatoms.